The van der Waals surface area contributed by atoms with Crippen LogP contribution in [0.3, 0.4) is 0 Å². The summed E-state index contributed by atoms with van der Waals surface area (Å²) in [5.74, 6) is -1.66. The van der Waals surface area contributed by atoms with E-state index >= 15 is 0 Å². The Bertz CT molecular complexity index is 664. The molecule has 2 aromatic rings. The van der Waals surface area contributed by atoms with Crippen molar-refractivity contribution in [3.63, 3.8) is 0 Å². The van der Waals surface area contributed by atoms with Crippen LogP contribution in [0.15, 0.2) is 36.4 Å². The average Bonchev–Trinajstić information content (AvgIpc) is 2.41. The lowest BCUT2D eigenvalue weighted by Gasteiger charge is -2.09. The molecule has 0 aliphatic carbocycles. The second kappa shape index (κ2) is 6.15. The summed E-state index contributed by atoms with van der Waals surface area (Å²) in [6.07, 6.45) is 0. The van der Waals surface area contributed by atoms with Gasteiger partial charge in [0.2, 0.25) is 0 Å². The third-order valence-electron chi connectivity index (χ3n) is 2.62. The van der Waals surface area contributed by atoms with Crippen LogP contribution in [0, 0.1) is 11.6 Å². The predicted octanol–water partition coefficient (Wildman–Crippen LogP) is 3.83. The predicted molar refractivity (Wildman–Crippen MR) is 78.0 cm³/mol. The number of rotatable bonds is 4. The number of hydrogen-bond acceptors (Lipinski definition) is 2. The molecule has 0 bridgehead atoms. The first-order valence-electron chi connectivity index (χ1n) is 5.63. The van der Waals surface area contributed by atoms with Gasteiger partial charge in [-0.15, -0.1) is 0 Å². The molecule has 0 heterocycles. The lowest BCUT2D eigenvalue weighted by atomic mass is 10.1. The summed E-state index contributed by atoms with van der Waals surface area (Å²) < 4.78 is 31.1. The van der Waals surface area contributed by atoms with Crippen molar-refractivity contribution >= 4 is 28.8 Å². The minimum atomic E-state index is -0.961. The van der Waals surface area contributed by atoms with Crippen LogP contribution in [-0.4, -0.2) is 4.99 Å². The van der Waals surface area contributed by atoms with Crippen molar-refractivity contribution in [2.75, 3.05) is 0 Å². The van der Waals surface area contributed by atoms with Gasteiger partial charge in [0.15, 0.2) is 11.6 Å². The standard InChI is InChI=1S/C14H10ClF2NOS/c15-11-5-8(14(18)20)1-2-9(11)7-19-10-3-4-12(16)13(17)6-10/h1-6H,7H2,(H2,18,20). The van der Waals surface area contributed by atoms with Crippen molar-refractivity contribution in [2.45, 2.75) is 6.61 Å². The van der Waals surface area contributed by atoms with E-state index in [9.17, 15) is 8.78 Å². The van der Waals surface area contributed by atoms with Crippen molar-refractivity contribution in [3.05, 3.63) is 64.2 Å². The van der Waals surface area contributed by atoms with Gasteiger partial charge in [0, 0.05) is 22.2 Å². The molecule has 0 aromatic heterocycles. The average molecular weight is 314 g/mol. The van der Waals surface area contributed by atoms with Crippen molar-refractivity contribution in [1.29, 1.82) is 0 Å². The highest BCUT2D eigenvalue weighted by Crippen LogP contribution is 2.21. The Morgan fingerprint density at radius 1 is 1.15 bits per heavy atom. The zero-order chi connectivity index (χ0) is 14.7. The molecule has 2 aromatic carbocycles. The lowest BCUT2D eigenvalue weighted by Crippen LogP contribution is -2.09. The Morgan fingerprint density at radius 3 is 2.50 bits per heavy atom. The Hall–Kier alpha value is -1.72. The Kier molecular flexibility index (Phi) is 4.52. The fraction of sp³-hybridized carbons (Fsp3) is 0.0714. The highest BCUT2D eigenvalue weighted by molar-refractivity contribution is 7.80. The molecule has 6 heteroatoms. The molecule has 104 valence electrons. The number of thiocarbonyl (C=S) groups is 1. The normalized spacial score (nSPS) is 10.3. The van der Waals surface area contributed by atoms with Crippen molar-refractivity contribution in [3.8, 4) is 5.75 Å². The number of halogens is 3. The molecule has 0 unspecified atom stereocenters. The maximum absolute atomic E-state index is 13.0. The second-order valence-electron chi connectivity index (χ2n) is 4.04. The van der Waals surface area contributed by atoms with Crippen LogP contribution < -0.4 is 10.5 Å². The van der Waals surface area contributed by atoms with Crippen molar-refractivity contribution < 1.29 is 13.5 Å². The van der Waals surface area contributed by atoms with Gasteiger partial charge in [-0.2, -0.15) is 0 Å². The topological polar surface area (TPSA) is 35.2 Å². The van der Waals surface area contributed by atoms with E-state index in [-0.39, 0.29) is 17.3 Å². The van der Waals surface area contributed by atoms with Gasteiger partial charge in [0.05, 0.1) is 0 Å². The quantitative estimate of drug-likeness (QED) is 0.871. The van der Waals surface area contributed by atoms with Crippen LogP contribution >= 0.6 is 23.8 Å². The van der Waals surface area contributed by atoms with Crippen LogP contribution in [0.2, 0.25) is 5.02 Å². The van der Waals surface area contributed by atoms with E-state index in [2.05, 4.69) is 0 Å². The van der Waals surface area contributed by atoms with Gasteiger partial charge in [0.25, 0.3) is 0 Å². The SMILES string of the molecule is NC(=S)c1ccc(COc2ccc(F)c(F)c2)c(Cl)c1. The Morgan fingerprint density at radius 2 is 1.90 bits per heavy atom. The smallest absolute Gasteiger partial charge is 0.162 e. The van der Waals surface area contributed by atoms with E-state index in [1.165, 1.54) is 6.07 Å². The monoisotopic (exact) mass is 313 g/mol. The van der Waals surface area contributed by atoms with Gasteiger partial charge < -0.3 is 10.5 Å². The lowest BCUT2D eigenvalue weighted by molar-refractivity contribution is 0.303. The molecule has 0 amide bonds. The molecule has 0 radical (unpaired) electrons. The molecule has 0 saturated heterocycles. The summed E-state index contributed by atoms with van der Waals surface area (Å²) >= 11 is 10.9. The largest absolute Gasteiger partial charge is 0.489 e. The maximum Gasteiger partial charge on any atom is 0.162 e. The van der Waals surface area contributed by atoms with Crippen LogP contribution in [-0.2, 0) is 6.61 Å². The van der Waals surface area contributed by atoms with Crippen molar-refractivity contribution in [1.82, 2.24) is 0 Å². The fourth-order valence-electron chi connectivity index (χ4n) is 1.55. The second-order valence-corrected chi connectivity index (χ2v) is 4.88. The Labute approximate surface area is 125 Å². The first-order chi connectivity index (χ1) is 9.47. The fourth-order valence-corrected chi connectivity index (χ4v) is 1.91. The van der Waals surface area contributed by atoms with Crippen molar-refractivity contribution in [2.24, 2.45) is 5.73 Å². The van der Waals surface area contributed by atoms with Gasteiger partial charge in [-0.1, -0.05) is 36.0 Å². The number of benzene rings is 2. The maximum atomic E-state index is 13.0. The molecule has 0 saturated carbocycles. The van der Waals surface area contributed by atoms with E-state index < -0.39 is 11.6 Å². The Balaban J connectivity index is 2.10. The highest BCUT2D eigenvalue weighted by atomic mass is 35.5. The number of ether oxygens (including phenoxy) is 1. The first-order valence-corrected chi connectivity index (χ1v) is 6.42. The summed E-state index contributed by atoms with van der Waals surface area (Å²) in [5, 5.41) is 0.442. The van der Waals surface area contributed by atoms with Gasteiger partial charge in [-0.25, -0.2) is 8.78 Å². The molecule has 2 N–H and O–H groups in total. The molecule has 0 atom stereocenters. The zero-order valence-electron chi connectivity index (χ0n) is 10.2. The molecule has 20 heavy (non-hydrogen) atoms. The van der Waals surface area contributed by atoms with Gasteiger partial charge in [0.1, 0.15) is 17.3 Å². The van der Waals surface area contributed by atoms with E-state index in [4.69, 9.17) is 34.3 Å². The molecule has 0 aliphatic heterocycles. The van der Waals surface area contributed by atoms with Crippen LogP contribution in [0.25, 0.3) is 0 Å². The number of nitrogens with two attached hydrogens (primary N) is 1. The molecular weight excluding hydrogens is 304 g/mol. The summed E-state index contributed by atoms with van der Waals surface area (Å²) in [7, 11) is 0. The number of hydrogen-bond donors (Lipinski definition) is 1. The first kappa shape index (κ1) is 14.7. The molecule has 0 aliphatic rings. The summed E-state index contributed by atoms with van der Waals surface area (Å²) in [6.45, 7) is 0.127. The van der Waals surface area contributed by atoms with Gasteiger partial charge in [-0.3, -0.25) is 0 Å². The van der Waals surface area contributed by atoms with Crippen LogP contribution in [0.1, 0.15) is 11.1 Å². The van der Waals surface area contributed by atoms with Crippen LogP contribution in [0.4, 0.5) is 8.78 Å². The van der Waals surface area contributed by atoms with E-state index in [1.54, 1.807) is 18.2 Å². The highest BCUT2D eigenvalue weighted by Gasteiger charge is 2.07. The molecule has 0 fully saturated rings. The summed E-state index contributed by atoms with van der Waals surface area (Å²) in [5.41, 5.74) is 6.84. The molecule has 2 rings (SSSR count). The third-order valence-corrected chi connectivity index (χ3v) is 3.21. The van der Waals surface area contributed by atoms with E-state index in [1.807, 2.05) is 0 Å². The van der Waals surface area contributed by atoms with Gasteiger partial charge >= 0.3 is 0 Å². The van der Waals surface area contributed by atoms with Gasteiger partial charge in [-0.05, 0) is 18.2 Å². The van der Waals surface area contributed by atoms with E-state index in [0.29, 0.717) is 16.1 Å². The van der Waals surface area contributed by atoms with Crippen LogP contribution in [0.5, 0.6) is 5.75 Å². The minimum absolute atomic E-state index is 0.127. The van der Waals surface area contributed by atoms with E-state index in [0.717, 1.165) is 12.1 Å². The molecule has 0 spiro atoms. The third kappa shape index (κ3) is 3.43. The minimum Gasteiger partial charge on any atom is -0.489 e. The zero-order valence-corrected chi connectivity index (χ0v) is 11.8. The molecule has 2 nitrogen and oxygen atoms in total. The summed E-state index contributed by atoms with van der Waals surface area (Å²) in [4.78, 5) is 0.250. The molecular formula is C14H10ClF2NOS. The summed E-state index contributed by atoms with van der Waals surface area (Å²) in [6, 6.07) is 8.40.